The van der Waals surface area contributed by atoms with E-state index < -0.39 is 0 Å². The molecule has 58 heavy (non-hydrogen) atoms. The number of benzene rings is 7. The van der Waals surface area contributed by atoms with Gasteiger partial charge in [0.05, 0.1) is 0 Å². The molecule has 0 atom stereocenters. The first-order valence-electron chi connectivity index (χ1n) is 20.2. The average Bonchev–Trinajstić information content (AvgIpc) is 3.26. The van der Waals surface area contributed by atoms with Crippen LogP contribution < -0.4 is 9.80 Å². The minimum atomic E-state index is -0.290. The first kappa shape index (κ1) is 38.0. The lowest BCUT2D eigenvalue weighted by Gasteiger charge is -2.27. The fourth-order valence-corrected chi connectivity index (χ4v) is 7.46. The maximum absolute atomic E-state index is 2.37. The summed E-state index contributed by atoms with van der Waals surface area (Å²) < 4.78 is 0. The van der Waals surface area contributed by atoms with Gasteiger partial charge in [-0.25, -0.2) is 0 Å². The van der Waals surface area contributed by atoms with Gasteiger partial charge in [0.15, 0.2) is 0 Å². The standard InChI is InChI=1S/C56H50N2/c1-42-10-22-50(23-11-42)57(51-24-12-43(2)13-25-51)54-30-18-46(19-31-54)34-38-56(40-36-49(37-41-56)48-8-6-5-7-9-48)39-35-47-20-32-55(33-21-47)58(52-26-14-44(3)15-27-52)53-28-16-45(4)17-29-53/h5-40H,41H2,1-4H3. The average molecular weight is 751 g/mol. The number of hydrogen-bond donors (Lipinski definition) is 0. The van der Waals surface area contributed by atoms with Crippen molar-refractivity contribution in [2.24, 2.45) is 5.41 Å². The van der Waals surface area contributed by atoms with Gasteiger partial charge < -0.3 is 9.80 Å². The lowest BCUT2D eigenvalue weighted by atomic mass is 9.78. The Kier molecular flexibility index (Phi) is 11.2. The Balaban J connectivity index is 1.08. The molecule has 0 aliphatic heterocycles. The van der Waals surface area contributed by atoms with E-state index in [0.29, 0.717) is 0 Å². The van der Waals surface area contributed by atoms with Crippen LogP contribution in [0.1, 0.15) is 45.4 Å². The van der Waals surface area contributed by atoms with Gasteiger partial charge in [0.1, 0.15) is 0 Å². The molecule has 284 valence electrons. The SMILES string of the molecule is Cc1ccc(N(c2ccc(C)cc2)c2ccc(C=CC3(C=Cc4ccc(N(c5ccc(C)cc5)c5ccc(C)cc5)cc4)C=CC(c4ccccc4)=CC3)cc2)cc1. The molecule has 0 saturated heterocycles. The minimum absolute atomic E-state index is 0.290. The van der Waals surface area contributed by atoms with Gasteiger partial charge in [-0.15, -0.1) is 0 Å². The fourth-order valence-electron chi connectivity index (χ4n) is 7.46. The fraction of sp³-hybridized carbons (Fsp3) is 0.107. The van der Waals surface area contributed by atoms with Crippen molar-refractivity contribution in [3.8, 4) is 0 Å². The van der Waals surface area contributed by atoms with Crippen molar-refractivity contribution >= 4 is 51.8 Å². The molecule has 0 amide bonds. The van der Waals surface area contributed by atoms with Gasteiger partial charge in [0.25, 0.3) is 0 Å². The molecular weight excluding hydrogens is 701 g/mol. The summed E-state index contributed by atoms with van der Waals surface area (Å²) in [4.78, 5) is 4.64. The Bertz CT molecular complexity index is 2320. The topological polar surface area (TPSA) is 6.48 Å². The van der Waals surface area contributed by atoms with E-state index in [4.69, 9.17) is 0 Å². The maximum atomic E-state index is 2.37. The zero-order chi connectivity index (χ0) is 39.9. The van der Waals surface area contributed by atoms with Gasteiger partial charge in [-0.2, -0.15) is 0 Å². The summed E-state index contributed by atoms with van der Waals surface area (Å²) in [5, 5.41) is 0. The predicted octanol–water partition coefficient (Wildman–Crippen LogP) is 15.6. The van der Waals surface area contributed by atoms with Crippen LogP contribution in [0.5, 0.6) is 0 Å². The summed E-state index contributed by atoms with van der Waals surface area (Å²) in [6.07, 6.45) is 17.1. The van der Waals surface area contributed by atoms with E-state index in [-0.39, 0.29) is 5.41 Å². The summed E-state index contributed by atoms with van der Waals surface area (Å²) in [5.41, 5.74) is 16.3. The highest BCUT2D eigenvalue weighted by Crippen LogP contribution is 2.39. The Hall–Kier alpha value is -6.90. The summed E-state index contributed by atoms with van der Waals surface area (Å²) in [5.74, 6) is 0. The first-order valence-corrected chi connectivity index (χ1v) is 20.2. The van der Waals surface area contributed by atoms with Crippen molar-refractivity contribution in [1.82, 2.24) is 0 Å². The monoisotopic (exact) mass is 750 g/mol. The van der Waals surface area contributed by atoms with E-state index in [1.807, 2.05) is 0 Å². The van der Waals surface area contributed by atoms with Crippen LogP contribution in [0.4, 0.5) is 34.1 Å². The molecule has 0 N–H and O–H groups in total. The van der Waals surface area contributed by atoms with E-state index in [9.17, 15) is 0 Å². The highest BCUT2D eigenvalue weighted by molar-refractivity contribution is 5.80. The van der Waals surface area contributed by atoms with E-state index in [1.165, 1.54) is 33.4 Å². The van der Waals surface area contributed by atoms with Crippen LogP contribution in [0, 0.1) is 33.1 Å². The second-order valence-corrected chi connectivity index (χ2v) is 15.5. The molecule has 0 bridgehead atoms. The quantitative estimate of drug-likeness (QED) is 0.130. The van der Waals surface area contributed by atoms with Crippen molar-refractivity contribution in [3.63, 3.8) is 0 Å². The summed E-state index contributed by atoms with van der Waals surface area (Å²) in [6.45, 7) is 8.53. The van der Waals surface area contributed by atoms with E-state index in [1.54, 1.807) is 0 Å². The molecule has 0 heterocycles. The molecule has 0 aromatic heterocycles. The van der Waals surface area contributed by atoms with Crippen molar-refractivity contribution in [2.75, 3.05) is 9.80 Å². The first-order chi connectivity index (χ1) is 28.3. The molecule has 0 saturated carbocycles. The zero-order valence-electron chi connectivity index (χ0n) is 33.9. The van der Waals surface area contributed by atoms with Crippen molar-refractivity contribution in [2.45, 2.75) is 34.1 Å². The third-order valence-corrected chi connectivity index (χ3v) is 11.0. The van der Waals surface area contributed by atoms with E-state index in [2.05, 4.69) is 256 Å². The van der Waals surface area contributed by atoms with Crippen LogP contribution >= 0.6 is 0 Å². The van der Waals surface area contributed by atoms with Crippen molar-refractivity contribution in [3.05, 3.63) is 245 Å². The summed E-state index contributed by atoms with van der Waals surface area (Å²) >= 11 is 0. The number of rotatable bonds is 11. The molecule has 1 aliphatic carbocycles. The van der Waals surface area contributed by atoms with Crippen LogP contribution in [-0.4, -0.2) is 0 Å². The molecule has 0 unspecified atom stereocenters. The second-order valence-electron chi connectivity index (χ2n) is 15.5. The number of anilines is 6. The van der Waals surface area contributed by atoms with Crippen LogP contribution in [0.15, 0.2) is 206 Å². The molecule has 0 fully saturated rings. The van der Waals surface area contributed by atoms with Gasteiger partial charge in [-0.1, -0.05) is 168 Å². The lowest BCUT2D eigenvalue weighted by molar-refractivity contribution is 0.642. The number of aryl methyl sites for hydroxylation is 4. The van der Waals surface area contributed by atoms with Crippen LogP contribution in [0.25, 0.3) is 17.7 Å². The molecule has 0 radical (unpaired) electrons. The molecule has 7 aromatic carbocycles. The molecule has 1 aliphatic rings. The van der Waals surface area contributed by atoms with Crippen LogP contribution in [0.3, 0.4) is 0 Å². The summed E-state index contributed by atoms with van der Waals surface area (Å²) in [6, 6.07) is 63.5. The third kappa shape index (κ3) is 8.88. The molecule has 0 spiro atoms. The smallest absolute Gasteiger partial charge is 0.0462 e. The van der Waals surface area contributed by atoms with Gasteiger partial charge in [0.2, 0.25) is 0 Å². The number of nitrogens with zero attached hydrogens (tertiary/aromatic N) is 2. The van der Waals surface area contributed by atoms with E-state index in [0.717, 1.165) is 51.7 Å². The van der Waals surface area contributed by atoms with Gasteiger partial charge in [0, 0.05) is 39.5 Å². The molecule has 2 heteroatoms. The number of allylic oxidation sites excluding steroid dienone is 6. The molecular formula is C56H50N2. The highest BCUT2D eigenvalue weighted by atomic mass is 15.1. The molecule has 8 rings (SSSR count). The van der Waals surface area contributed by atoms with Gasteiger partial charge in [-0.3, -0.25) is 0 Å². The van der Waals surface area contributed by atoms with Crippen molar-refractivity contribution in [1.29, 1.82) is 0 Å². The Morgan fingerprint density at radius 3 is 1.03 bits per heavy atom. The number of hydrogen-bond acceptors (Lipinski definition) is 2. The normalized spacial score (nSPS) is 15.1. The maximum Gasteiger partial charge on any atom is 0.0462 e. The lowest BCUT2D eigenvalue weighted by Crippen LogP contribution is -2.13. The second kappa shape index (κ2) is 17.1. The van der Waals surface area contributed by atoms with Crippen molar-refractivity contribution < 1.29 is 0 Å². The summed E-state index contributed by atoms with van der Waals surface area (Å²) in [7, 11) is 0. The molecule has 2 nitrogen and oxygen atoms in total. The van der Waals surface area contributed by atoms with Gasteiger partial charge >= 0.3 is 0 Å². The highest BCUT2D eigenvalue weighted by Gasteiger charge is 2.23. The predicted molar refractivity (Wildman–Crippen MR) is 250 cm³/mol. The Morgan fingerprint density at radius 2 is 0.724 bits per heavy atom. The minimum Gasteiger partial charge on any atom is -0.311 e. The van der Waals surface area contributed by atoms with Crippen LogP contribution in [0.2, 0.25) is 0 Å². The largest absolute Gasteiger partial charge is 0.311 e. The zero-order valence-corrected chi connectivity index (χ0v) is 33.9. The van der Waals surface area contributed by atoms with Gasteiger partial charge in [-0.05, 0) is 129 Å². The Morgan fingerprint density at radius 1 is 0.397 bits per heavy atom. The Labute approximate surface area is 345 Å². The third-order valence-electron chi connectivity index (χ3n) is 11.0. The van der Waals surface area contributed by atoms with Crippen LogP contribution in [-0.2, 0) is 0 Å². The van der Waals surface area contributed by atoms with E-state index >= 15 is 0 Å². The molecule has 7 aromatic rings.